The van der Waals surface area contributed by atoms with Crippen LogP contribution in [0.25, 0.3) is 6.08 Å². The molecule has 0 bridgehead atoms. The van der Waals surface area contributed by atoms with Crippen LogP contribution in [0.3, 0.4) is 0 Å². The molecule has 0 amide bonds. The first-order valence-corrected chi connectivity index (χ1v) is 5.06. The van der Waals surface area contributed by atoms with Crippen molar-refractivity contribution >= 4 is 6.08 Å². The van der Waals surface area contributed by atoms with E-state index in [0.29, 0.717) is 6.04 Å². The standard InChI is InChI=1S/C12H18N2/c1-4-13-10(2)5-7-12-8-6-11(3)14-9-12/h5-10,13H,4H2,1-3H3/b7-5+. The lowest BCUT2D eigenvalue weighted by molar-refractivity contribution is 0.663. The van der Waals surface area contributed by atoms with Gasteiger partial charge in [0.05, 0.1) is 0 Å². The summed E-state index contributed by atoms with van der Waals surface area (Å²) in [4.78, 5) is 4.23. The van der Waals surface area contributed by atoms with Crippen molar-refractivity contribution in [1.82, 2.24) is 10.3 Å². The predicted octanol–water partition coefficient (Wildman–Crippen LogP) is 2.40. The van der Waals surface area contributed by atoms with Gasteiger partial charge < -0.3 is 5.32 Å². The number of pyridine rings is 1. The number of aromatic nitrogens is 1. The van der Waals surface area contributed by atoms with Crippen LogP contribution in [-0.4, -0.2) is 17.6 Å². The lowest BCUT2D eigenvalue weighted by Crippen LogP contribution is -2.22. The van der Waals surface area contributed by atoms with E-state index in [1.165, 1.54) is 0 Å². The van der Waals surface area contributed by atoms with Gasteiger partial charge in [0.1, 0.15) is 0 Å². The van der Waals surface area contributed by atoms with Crippen molar-refractivity contribution in [2.45, 2.75) is 26.8 Å². The van der Waals surface area contributed by atoms with Crippen LogP contribution in [0.2, 0.25) is 0 Å². The second kappa shape index (κ2) is 5.55. The maximum atomic E-state index is 4.23. The van der Waals surface area contributed by atoms with Gasteiger partial charge in [-0.15, -0.1) is 0 Å². The summed E-state index contributed by atoms with van der Waals surface area (Å²) in [7, 11) is 0. The van der Waals surface area contributed by atoms with E-state index in [-0.39, 0.29) is 0 Å². The highest BCUT2D eigenvalue weighted by molar-refractivity contribution is 5.48. The number of nitrogens with zero attached hydrogens (tertiary/aromatic N) is 1. The highest BCUT2D eigenvalue weighted by Crippen LogP contribution is 2.02. The first-order valence-electron chi connectivity index (χ1n) is 5.06. The highest BCUT2D eigenvalue weighted by Gasteiger charge is 1.92. The normalized spacial score (nSPS) is 13.4. The molecule has 0 aliphatic carbocycles. The molecule has 14 heavy (non-hydrogen) atoms. The van der Waals surface area contributed by atoms with Crippen LogP contribution in [-0.2, 0) is 0 Å². The first kappa shape index (κ1) is 10.9. The Morgan fingerprint density at radius 2 is 2.29 bits per heavy atom. The number of nitrogens with one attached hydrogen (secondary N) is 1. The quantitative estimate of drug-likeness (QED) is 0.788. The predicted molar refractivity (Wildman–Crippen MR) is 61.1 cm³/mol. The van der Waals surface area contributed by atoms with Gasteiger partial charge in [-0.25, -0.2) is 0 Å². The van der Waals surface area contributed by atoms with Crippen LogP contribution < -0.4 is 5.32 Å². The van der Waals surface area contributed by atoms with E-state index in [4.69, 9.17) is 0 Å². The molecule has 1 atom stereocenters. The summed E-state index contributed by atoms with van der Waals surface area (Å²) in [5.74, 6) is 0. The van der Waals surface area contributed by atoms with Crippen LogP contribution >= 0.6 is 0 Å². The maximum Gasteiger partial charge on any atom is 0.0373 e. The molecule has 0 aromatic carbocycles. The van der Waals surface area contributed by atoms with Gasteiger partial charge in [-0.1, -0.05) is 25.1 Å². The fourth-order valence-corrected chi connectivity index (χ4v) is 1.22. The summed E-state index contributed by atoms with van der Waals surface area (Å²) in [6.45, 7) is 7.24. The number of likely N-dealkylation sites (N-methyl/N-ethyl adjacent to an activating group) is 1. The van der Waals surface area contributed by atoms with E-state index >= 15 is 0 Å². The molecule has 0 saturated carbocycles. The van der Waals surface area contributed by atoms with Gasteiger partial charge >= 0.3 is 0 Å². The van der Waals surface area contributed by atoms with Crippen LogP contribution in [0.15, 0.2) is 24.4 Å². The van der Waals surface area contributed by atoms with Crippen molar-refractivity contribution < 1.29 is 0 Å². The second-order valence-electron chi connectivity index (χ2n) is 3.44. The minimum absolute atomic E-state index is 0.418. The van der Waals surface area contributed by atoms with Crippen LogP contribution in [0, 0.1) is 6.92 Å². The van der Waals surface area contributed by atoms with Gasteiger partial charge in [-0.2, -0.15) is 0 Å². The van der Waals surface area contributed by atoms with E-state index in [2.05, 4.69) is 42.4 Å². The summed E-state index contributed by atoms with van der Waals surface area (Å²) in [6, 6.07) is 4.52. The minimum atomic E-state index is 0.418. The molecule has 0 spiro atoms. The first-order chi connectivity index (χ1) is 6.72. The molecule has 0 radical (unpaired) electrons. The molecule has 0 fully saturated rings. The molecule has 1 unspecified atom stereocenters. The number of aryl methyl sites for hydroxylation is 1. The maximum absolute atomic E-state index is 4.23. The van der Waals surface area contributed by atoms with Crippen LogP contribution in [0.1, 0.15) is 25.1 Å². The molecule has 1 rings (SSSR count). The molecular formula is C12H18N2. The smallest absolute Gasteiger partial charge is 0.0373 e. The van der Waals surface area contributed by atoms with Gasteiger partial charge in [-0.05, 0) is 32.0 Å². The van der Waals surface area contributed by atoms with Gasteiger partial charge in [0.15, 0.2) is 0 Å². The lowest BCUT2D eigenvalue weighted by atomic mass is 10.2. The monoisotopic (exact) mass is 190 g/mol. The van der Waals surface area contributed by atoms with Crippen molar-refractivity contribution in [3.8, 4) is 0 Å². The van der Waals surface area contributed by atoms with Crippen molar-refractivity contribution in [3.63, 3.8) is 0 Å². The third kappa shape index (κ3) is 3.71. The van der Waals surface area contributed by atoms with Gasteiger partial charge in [0.25, 0.3) is 0 Å². The number of hydrogen-bond donors (Lipinski definition) is 1. The summed E-state index contributed by atoms with van der Waals surface area (Å²) < 4.78 is 0. The van der Waals surface area contributed by atoms with Gasteiger partial charge in [-0.3, -0.25) is 4.98 Å². The summed E-state index contributed by atoms with van der Waals surface area (Å²) in [5, 5.41) is 3.32. The minimum Gasteiger partial charge on any atom is -0.311 e. The third-order valence-corrected chi connectivity index (χ3v) is 2.04. The number of rotatable bonds is 4. The molecule has 0 aliphatic heterocycles. The molecule has 1 aromatic rings. The second-order valence-corrected chi connectivity index (χ2v) is 3.44. The van der Waals surface area contributed by atoms with Crippen LogP contribution in [0.5, 0.6) is 0 Å². The Labute approximate surface area is 86.1 Å². The van der Waals surface area contributed by atoms with E-state index in [0.717, 1.165) is 17.8 Å². The Morgan fingerprint density at radius 3 is 2.86 bits per heavy atom. The Balaban J connectivity index is 2.55. The summed E-state index contributed by atoms with van der Waals surface area (Å²) >= 11 is 0. The molecule has 1 heterocycles. The molecule has 76 valence electrons. The van der Waals surface area contributed by atoms with E-state index in [1.54, 1.807) is 0 Å². The molecule has 1 N–H and O–H groups in total. The largest absolute Gasteiger partial charge is 0.311 e. The van der Waals surface area contributed by atoms with E-state index < -0.39 is 0 Å². The van der Waals surface area contributed by atoms with E-state index in [1.807, 2.05) is 19.2 Å². The van der Waals surface area contributed by atoms with E-state index in [9.17, 15) is 0 Å². The van der Waals surface area contributed by atoms with Gasteiger partial charge in [0, 0.05) is 17.9 Å². The molecule has 0 saturated heterocycles. The fraction of sp³-hybridized carbons (Fsp3) is 0.417. The molecule has 0 aliphatic rings. The van der Waals surface area contributed by atoms with Crippen molar-refractivity contribution in [3.05, 3.63) is 35.7 Å². The van der Waals surface area contributed by atoms with Crippen molar-refractivity contribution in [1.29, 1.82) is 0 Å². The lowest BCUT2D eigenvalue weighted by Gasteiger charge is -2.05. The zero-order valence-corrected chi connectivity index (χ0v) is 9.12. The molecule has 2 heteroatoms. The highest BCUT2D eigenvalue weighted by atomic mass is 14.9. The zero-order chi connectivity index (χ0) is 10.4. The van der Waals surface area contributed by atoms with Crippen molar-refractivity contribution in [2.75, 3.05) is 6.54 Å². The fourth-order valence-electron chi connectivity index (χ4n) is 1.22. The zero-order valence-electron chi connectivity index (χ0n) is 9.12. The summed E-state index contributed by atoms with van der Waals surface area (Å²) in [6.07, 6.45) is 6.14. The van der Waals surface area contributed by atoms with Gasteiger partial charge in [0.2, 0.25) is 0 Å². The molecular weight excluding hydrogens is 172 g/mol. The molecule has 1 aromatic heterocycles. The Kier molecular flexibility index (Phi) is 4.33. The SMILES string of the molecule is CCNC(C)/C=C/c1ccc(C)nc1. The Morgan fingerprint density at radius 1 is 1.50 bits per heavy atom. The Hall–Kier alpha value is -1.15. The van der Waals surface area contributed by atoms with Crippen molar-refractivity contribution in [2.24, 2.45) is 0 Å². The number of hydrogen-bond acceptors (Lipinski definition) is 2. The van der Waals surface area contributed by atoms with Crippen LogP contribution in [0.4, 0.5) is 0 Å². The average molecular weight is 190 g/mol. The molecule has 2 nitrogen and oxygen atoms in total. The average Bonchev–Trinajstić information content (AvgIpc) is 2.17. The third-order valence-electron chi connectivity index (χ3n) is 2.04. The Bertz CT molecular complexity index is 288. The summed E-state index contributed by atoms with van der Waals surface area (Å²) in [5.41, 5.74) is 2.21. The topological polar surface area (TPSA) is 24.9 Å².